The summed E-state index contributed by atoms with van der Waals surface area (Å²) in [6.45, 7) is 2.31. The third-order valence-electron chi connectivity index (χ3n) is 3.91. The van der Waals surface area contributed by atoms with Gasteiger partial charge in [0.1, 0.15) is 29.1 Å². The molecule has 0 radical (unpaired) electrons. The lowest BCUT2D eigenvalue weighted by atomic mass is 10.1. The van der Waals surface area contributed by atoms with Crippen LogP contribution in [-0.2, 0) is 11.3 Å². The Kier molecular flexibility index (Phi) is 4.90. The monoisotopic (exact) mass is 355 g/mol. The largest absolute Gasteiger partial charge is 0.870 e. The topological polar surface area (TPSA) is 116 Å². The second-order valence-electron chi connectivity index (χ2n) is 5.62. The molecule has 1 aromatic heterocycles. The molecule has 0 saturated heterocycles. The minimum absolute atomic E-state index is 0.113. The molecular formula is C19H17NO6. The Morgan fingerprint density at radius 1 is 1.27 bits per heavy atom. The number of ether oxygens (including phenoxy) is 1. The lowest BCUT2D eigenvalue weighted by molar-refractivity contribution is -0.588. The van der Waals surface area contributed by atoms with Crippen LogP contribution in [-0.4, -0.2) is 17.7 Å². The minimum atomic E-state index is -0.616. The Bertz CT molecular complexity index is 1020. The van der Waals surface area contributed by atoms with E-state index in [4.69, 9.17) is 9.15 Å². The third-order valence-corrected chi connectivity index (χ3v) is 3.91. The Hall–Kier alpha value is -3.32. The molecule has 134 valence electrons. The third kappa shape index (κ3) is 3.52. The molecule has 7 heteroatoms. The molecule has 0 aliphatic carbocycles. The maximum absolute atomic E-state index is 12.1. The average molecular weight is 355 g/mol. The minimum Gasteiger partial charge on any atom is -0.870 e. The predicted octanol–water partition coefficient (Wildman–Crippen LogP) is 1.14. The van der Waals surface area contributed by atoms with Crippen molar-refractivity contribution in [3.05, 3.63) is 64.0 Å². The van der Waals surface area contributed by atoms with E-state index in [-0.39, 0.29) is 12.2 Å². The molecule has 7 nitrogen and oxygen atoms in total. The van der Waals surface area contributed by atoms with Crippen molar-refractivity contribution in [3.63, 3.8) is 0 Å². The number of carbonyl (C=O) groups excluding carboxylic acids is 1. The summed E-state index contributed by atoms with van der Waals surface area (Å²) in [5.41, 5.74) is 1.18. The van der Waals surface area contributed by atoms with Crippen molar-refractivity contribution < 1.29 is 29.5 Å². The first-order valence-electron chi connectivity index (χ1n) is 8.05. The van der Waals surface area contributed by atoms with Crippen LogP contribution in [0.5, 0.6) is 11.5 Å². The molecule has 0 bridgehead atoms. The molecule has 0 amide bonds. The van der Waals surface area contributed by atoms with E-state index >= 15 is 0 Å². The van der Waals surface area contributed by atoms with Crippen LogP contribution in [0, 0.1) is 0 Å². The Balaban J connectivity index is 1.95. The van der Waals surface area contributed by atoms with Gasteiger partial charge in [0.2, 0.25) is 0 Å². The van der Waals surface area contributed by atoms with Crippen molar-refractivity contribution in [2.45, 2.75) is 13.5 Å². The number of nitrogens with two attached hydrogens (primary N) is 1. The van der Waals surface area contributed by atoms with Crippen LogP contribution < -0.4 is 16.0 Å². The maximum atomic E-state index is 12.1. The Morgan fingerprint density at radius 2 is 2.04 bits per heavy atom. The van der Waals surface area contributed by atoms with Gasteiger partial charge in [0.25, 0.3) is 0 Å². The lowest BCUT2D eigenvalue weighted by Gasteiger charge is -2.11. The van der Waals surface area contributed by atoms with Crippen molar-refractivity contribution in [2.24, 2.45) is 0 Å². The number of rotatable bonds is 5. The summed E-state index contributed by atoms with van der Waals surface area (Å²) in [5, 5.41) is 23.5. The van der Waals surface area contributed by atoms with Gasteiger partial charge in [-0.05, 0) is 31.2 Å². The van der Waals surface area contributed by atoms with E-state index in [2.05, 4.69) is 0 Å². The highest BCUT2D eigenvalue weighted by atomic mass is 16.5. The van der Waals surface area contributed by atoms with Crippen LogP contribution in [0.2, 0.25) is 0 Å². The number of fused-ring (bicyclic) bond motifs is 1. The van der Waals surface area contributed by atoms with Gasteiger partial charge >= 0.3 is 11.6 Å². The summed E-state index contributed by atoms with van der Waals surface area (Å²) in [5.74, 6) is -1.46. The molecule has 0 unspecified atom stereocenters. The smallest absolute Gasteiger partial charge is 0.344 e. The normalized spacial score (nSPS) is 10.8. The zero-order valence-corrected chi connectivity index (χ0v) is 14.0. The van der Waals surface area contributed by atoms with Crippen molar-refractivity contribution in [3.8, 4) is 11.5 Å². The van der Waals surface area contributed by atoms with E-state index in [0.29, 0.717) is 28.7 Å². The second kappa shape index (κ2) is 7.28. The van der Waals surface area contributed by atoms with Gasteiger partial charge in [0.15, 0.2) is 0 Å². The standard InChI is InChI=1S/C19H17NO6/c1-2-25-19(24)12-5-3-4-6-14(12)20-10-11-7-18(23)26-17-9-16(22)15(21)8-13(11)17/h3-9,20-22H,2,10H2,1H3. The molecule has 0 atom stereocenters. The van der Waals surface area contributed by atoms with Gasteiger partial charge in [-0.2, -0.15) is 0 Å². The van der Waals surface area contributed by atoms with E-state index in [9.17, 15) is 19.8 Å². The van der Waals surface area contributed by atoms with E-state index in [1.54, 1.807) is 36.5 Å². The van der Waals surface area contributed by atoms with Crippen LogP contribution in [0.25, 0.3) is 11.0 Å². The summed E-state index contributed by atoms with van der Waals surface area (Å²) >= 11 is 0. The van der Waals surface area contributed by atoms with Gasteiger partial charge < -0.3 is 24.7 Å². The fourth-order valence-electron chi connectivity index (χ4n) is 2.70. The van der Waals surface area contributed by atoms with Gasteiger partial charge in [-0.15, -0.1) is 0 Å². The van der Waals surface area contributed by atoms with Gasteiger partial charge in [-0.25, -0.2) is 9.59 Å². The molecule has 0 aliphatic rings. The van der Waals surface area contributed by atoms with Crippen LogP contribution in [0.3, 0.4) is 0 Å². The molecule has 3 rings (SSSR count). The molecule has 1 heterocycles. The molecule has 0 aliphatic heterocycles. The molecule has 0 saturated carbocycles. The molecular weight excluding hydrogens is 338 g/mol. The number of esters is 1. The fraction of sp³-hybridized carbons (Fsp3) is 0.158. The van der Waals surface area contributed by atoms with Gasteiger partial charge in [-0.3, -0.25) is 0 Å². The van der Waals surface area contributed by atoms with Crippen molar-refractivity contribution in [1.29, 1.82) is 0 Å². The quantitative estimate of drug-likeness (QED) is 0.403. The molecule has 26 heavy (non-hydrogen) atoms. The van der Waals surface area contributed by atoms with Crippen molar-refractivity contribution >= 4 is 22.6 Å². The first kappa shape index (κ1) is 17.5. The number of aromatic hydroxyl groups is 1. The van der Waals surface area contributed by atoms with E-state index in [1.807, 2.05) is 0 Å². The SMILES string of the molecule is CCOC(=O)c1ccccc1[NH2+]Cc1cc(=O)oc2cc([O-])c(O)cc12. The van der Waals surface area contributed by atoms with Crippen LogP contribution in [0.4, 0.5) is 5.69 Å². The number of benzene rings is 2. The number of carbonyl (C=O) groups is 1. The van der Waals surface area contributed by atoms with E-state index < -0.39 is 23.1 Å². The van der Waals surface area contributed by atoms with Crippen LogP contribution in [0.15, 0.2) is 51.7 Å². The van der Waals surface area contributed by atoms with E-state index in [0.717, 1.165) is 6.07 Å². The number of para-hydroxylation sites is 1. The van der Waals surface area contributed by atoms with Gasteiger partial charge in [-0.1, -0.05) is 17.9 Å². The molecule has 0 fully saturated rings. The second-order valence-corrected chi connectivity index (χ2v) is 5.62. The summed E-state index contributed by atoms with van der Waals surface area (Å²) in [4.78, 5) is 23.8. The number of hydrogen-bond donors (Lipinski definition) is 2. The highest BCUT2D eigenvalue weighted by Crippen LogP contribution is 2.29. The maximum Gasteiger partial charge on any atom is 0.344 e. The highest BCUT2D eigenvalue weighted by molar-refractivity contribution is 5.93. The number of hydrogen-bond acceptors (Lipinski definition) is 6. The van der Waals surface area contributed by atoms with Crippen molar-refractivity contribution in [1.82, 2.24) is 0 Å². The molecule has 3 aromatic rings. The fourth-order valence-corrected chi connectivity index (χ4v) is 2.70. The first-order valence-corrected chi connectivity index (χ1v) is 8.05. The summed E-state index contributed by atoms with van der Waals surface area (Å²) in [7, 11) is 0. The van der Waals surface area contributed by atoms with Gasteiger partial charge in [0, 0.05) is 17.0 Å². The summed E-state index contributed by atoms with van der Waals surface area (Å²) in [6, 6.07) is 10.6. The van der Waals surface area contributed by atoms with Crippen LogP contribution >= 0.6 is 0 Å². The molecule has 0 spiro atoms. The summed E-state index contributed by atoms with van der Waals surface area (Å²) in [6.07, 6.45) is 0. The van der Waals surface area contributed by atoms with Crippen molar-refractivity contribution in [2.75, 3.05) is 6.61 Å². The van der Waals surface area contributed by atoms with Crippen LogP contribution in [0.1, 0.15) is 22.8 Å². The van der Waals surface area contributed by atoms with E-state index in [1.165, 1.54) is 12.1 Å². The first-order chi connectivity index (χ1) is 12.5. The Labute approximate surface area is 148 Å². The Morgan fingerprint density at radius 3 is 2.81 bits per heavy atom. The molecule has 2 aromatic carbocycles. The lowest BCUT2D eigenvalue weighted by Crippen LogP contribution is -2.76. The zero-order valence-electron chi connectivity index (χ0n) is 14.0. The number of quaternary nitrogens is 1. The molecule has 3 N–H and O–H groups in total. The number of phenolic OH excluding ortho intramolecular Hbond substituents is 1. The highest BCUT2D eigenvalue weighted by Gasteiger charge is 2.16. The van der Waals surface area contributed by atoms with Gasteiger partial charge in [0.05, 0.1) is 6.61 Å². The number of phenols is 1. The predicted molar refractivity (Wildman–Crippen MR) is 91.3 cm³/mol. The summed E-state index contributed by atoms with van der Waals surface area (Å²) < 4.78 is 10.1. The zero-order chi connectivity index (χ0) is 18.7. The average Bonchev–Trinajstić information content (AvgIpc) is 2.61.